The number of hydrogen-bond donors (Lipinski definition) is 2. The summed E-state index contributed by atoms with van der Waals surface area (Å²) in [6.07, 6.45) is 13.6. The highest BCUT2D eigenvalue weighted by Gasteiger charge is 2.13. The molecule has 2 N–H and O–H groups in total. The van der Waals surface area contributed by atoms with Gasteiger partial charge in [0.2, 0.25) is 0 Å². The molecule has 0 unspecified atom stereocenters. The van der Waals surface area contributed by atoms with Gasteiger partial charge in [-0.25, -0.2) is 0 Å². The fourth-order valence-corrected chi connectivity index (χ4v) is 3.90. The summed E-state index contributed by atoms with van der Waals surface area (Å²) in [7, 11) is 0. The van der Waals surface area contributed by atoms with Crippen molar-refractivity contribution in [2.45, 2.75) is 64.7 Å². The van der Waals surface area contributed by atoms with Gasteiger partial charge in [-0.3, -0.25) is 9.39 Å². The summed E-state index contributed by atoms with van der Waals surface area (Å²) in [5, 5.41) is 15.3. The maximum atomic E-state index is 4.71. The van der Waals surface area contributed by atoms with Crippen molar-refractivity contribution in [1.82, 2.24) is 25.2 Å². The normalized spacial score (nSPS) is 15.5. The first kappa shape index (κ1) is 19.6. The topological polar surface area (TPSA) is 66.6 Å². The molecule has 3 rings (SSSR count). The monoisotopic (exact) mass is 370 g/mol. The molecule has 2 heterocycles. The smallest absolute Gasteiger partial charge is 0.191 e. The number of unbranched alkanes of at least 4 members (excludes halogenated alkanes) is 1. The first-order valence-electron chi connectivity index (χ1n) is 10.7. The van der Waals surface area contributed by atoms with E-state index in [1.807, 2.05) is 24.4 Å². The number of aliphatic imine (C=N–C) groups is 1. The van der Waals surface area contributed by atoms with Gasteiger partial charge in [0.1, 0.15) is 5.82 Å². The highest BCUT2D eigenvalue weighted by Crippen LogP contribution is 2.28. The van der Waals surface area contributed by atoms with Crippen LogP contribution in [0.4, 0.5) is 0 Å². The van der Waals surface area contributed by atoms with Crippen LogP contribution in [0.3, 0.4) is 0 Å². The minimum Gasteiger partial charge on any atom is -0.357 e. The number of aromatic nitrogens is 3. The highest BCUT2D eigenvalue weighted by molar-refractivity contribution is 5.79. The molecule has 0 aliphatic heterocycles. The van der Waals surface area contributed by atoms with Gasteiger partial charge >= 0.3 is 0 Å². The number of nitrogens with one attached hydrogen (secondary N) is 2. The number of aryl methyl sites for hydroxylation is 1. The van der Waals surface area contributed by atoms with Crippen molar-refractivity contribution in [3.63, 3.8) is 0 Å². The van der Waals surface area contributed by atoms with Crippen molar-refractivity contribution in [2.24, 2.45) is 10.9 Å². The molecule has 6 heteroatoms. The van der Waals surface area contributed by atoms with Crippen LogP contribution in [0.15, 0.2) is 29.4 Å². The molecule has 0 saturated heterocycles. The second kappa shape index (κ2) is 10.9. The van der Waals surface area contributed by atoms with Gasteiger partial charge in [0.25, 0.3) is 0 Å². The lowest BCUT2D eigenvalue weighted by Crippen LogP contribution is -2.37. The summed E-state index contributed by atoms with van der Waals surface area (Å²) in [5.74, 6) is 2.94. The number of fused-ring (bicyclic) bond motifs is 1. The zero-order chi connectivity index (χ0) is 18.7. The average molecular weight is 371 g/mol. The van der Waals surface area contributed by atoms with Gasteiger partial charge in [0.05, 0.1) is 0 Å². The van der Waals surface area contributed by atoms with Crippen molar-refractivity contribution < 1.29 is 0 Å². The van der Waals surface area contributed by atoms with Crippen molar-refractivity contribution in [3.8, 4) is 0 Å². The predicted molar refractivity (Wildman–Crippen MR) is 111 cm³/mol. The summed E-state index contributed by atoms with van der Waals surface area (Å²) < 4.78 is 2.05. The molecule has 27 heavy (non-hydrogen) atoms. The van der Waals surface area contributed by atoms with Gasteiger partial charge in [-0.1, -0.05) is 44.6 Å². The Hall–Kier alpha value is -2.11. The van der Waals surface area contributed by atoms with Crippen LogP contribution in [0.25, 0.3) is 5.65 Å². The molecule has 6 nitrogen and oxygen atoms in total. The summed E-state index contributed by atoms with van der Waals surface area (Å²) in [4.78, 5) is 4.71. The van der Waals surface area contributed by atoms with Crippen LogP contribution in [0, 0.1) is 5.92 Å². The summed E-state index contributed by atoms with van der Waals surface area (Å²) >= 11 is 0. The molecule has 0 bridgehead atoms. The maximum absolute atomic E-state index is 4.71. The van der Waals surface area contributed by atoms with E-state index in [9.17, 15) is 0 Å². The molecular weight excluding hydrogens is 336 g/mol. The lowest BCUT2D eigenvalue weighted by Gasteiger charge is -2.12. The lowest BCUT2D eigenvalue weighted by molar-refractivity contribution is 0.472. The Bertz CT molecular complexity index is 702. The largest absolute Gasteiger partial charge is 0.357 e. The van der Waals surface area contributed by atoms with Crippen molar-refractivity contribution in [1.29, 1.82) is 0 Å². The van der Waals surface area contributed by atoms with E-state index in [0.29, 0.717) is 0 Å². The third kappa shape index (κ3) is 6.22. The Morgan fingerprint density at radius 3 is 2.89 bits per heavy atom. The molecule has 1 saturated carbocycles. The van der Waals surface area contributed by atoms with E-state index in [0.717, 1.165) is 55.8 Å². The maximum Gasteiger partial charge on any atom is 0.191 e. The quantitative estimate of drug-likeness (QED) is 0.381. The molecule has 1 aliphatic carbocycles. The molecule has 1 aliphatic rings. The molecule has 2 aromatic rings. The Morgan fingerprint density at radius 1 is 1.15 bits per heavy atom. The molecule has 148 valence electrons. The molecule has 2 aromatic heterocycles. The third-order valence-electron chi connectivity index (χ3n) is 5.36. The lowest BCUT2D eigenvalue weighted by atomic mass is 10.0. The van der Waals surface area contributed by atoms with Gasteiger partial charge in [-0.15, -0.1) is 10.2 Å². The summed E-state index contributed by atoms with van der Waals surface area (Å²) in [6, 6.07) is 5.98. The van der Waals surface area contributed by atoms with Crippen molar-refractivity contribution >= 4 is 11.6 Å². The van der Waals surface area contributed by atoms with Crippen molar-refractivity contribution in [3.05, 3.63) is 30.2 Å². The molecule has 0 amide bonds. The average Bonchev–Trinajstić information content (AvgIpc) is 3.35. The van der Waals surface area contributed by atoms with Crippen LogP contribution in [0.5, 0.6) is 0 Å². The summed E-state index contributed by atoms with van der Waals surface area (Å²) in [6.45, 7) is 4.80. The Labute approximate surface area is 162 Å². The third-order valence-corrected chi connectivity index (χ3v) is 5.36. The Morgan fingerprint density at radius 2 is 2.04 bits per heavy atom. The second-order valence-corrected chi connectivity index (χ2v) is 7.48. The van der Waals surface area contributed by atoms with Crippen LogP contribution in [-0.2, 0) is 6.42 Å². The van der Waals surface area contributed by atoms with E-state index >= 15 is 0 Å². The van der Waals surface area contributed by atoms with Crippen LogP contribution in [-0.4, -0.2) is 40.2 Å². The highest BCUT2D eigenvalue weighted by atomic mass is 15.2. The van der Waals surface area contributed by atoms with Crippen LogP contribution in [0.1, 0.15) is 64.1 Å². The zero-order valence-corrected chi connectivity index (χ0v) is 16.7. The fourth-order valence-electron chi connectivity index (χ4n) is 3.90. The predicted octanol–water partition coefficient (Wildman–Crippen LogP) is 3.58. The molecule has 0 atom stereocenters. The van der Waals surface area contributed by atoms with Gasteiger partial charge in [-0.2, -0.15) is 0 Å². The van der Waals surface area contributed by atoms with Gasteiger partial charge < -0.3 is 10.6 Å². The van der Waals surface area contributed by atoms with Crippen LogP contribution in [0.2, 0.25) is 0 Å². The summed E-state index contributed by atoms with van der Waals surface area (Å²) in [5.41, 5.74) is 0.906. The molecule has 0 spiro atoms. The van der Waals surface area contributed by atoms with E-state index in [4.69, 9.17) is 4.99 Å². The van der Waals surface area contributed by atoms with E-state index in [-0.39, 0.29) is 0 Å². The number of rotatable bonds is 10. The first-order chi connectivity index (χ1) is 13.4. The van der Waals surface area contributed by atoms with Crippen LogP contribution >= 0.6 is 0 Å². The van der Waals surface area contributed by atoms with E-state index in [1.54, 1.807) is 0 Å². The first-order valence-corrected chi connectivity index (χ1v) is 10.7. The van der Waals surface area contributed by atoms with Gasteiger partial charge in [-0.05, 0) is 37.8 Å². The number of hydrogen-bond acceptors (Lipinski definition) is 3. The Balaban J connectivity index is 1.35. The number of guanidine groups is 1. The zero-order valence-electron chi connectivity index (χ0n) is 16.7. The molecule has 0 radical (unpaired) electrons. The fraction of sp³-hybridized carbons (Fsp3) is 0.667. The molecular formula is C21H34N6. The van der Waals surface area contributed by atoms with E-state index in [2.05, 4.69) is 32.2 Å². The van der Waals surface area contributed by atoms with E-state index in [1.165, 1.54) is 44.9 Å². The van der Waals surface area contributed by atoms with E-state index < -0.39 is 0 Å². The second-order valence-electron chi connectivity index (χ2n) is 7.48. The Kier molecular flexibility index (Phi) is 7.93. The molecule has 1 fully saturated rings. The van der Waals surface area contributed by atoms with Crippen LogP contribution < -0.4 is 10.6 Å². The molecule has 0 aromatic carbocycles. The number of pyridine rings is 1. The SMILES string of the molecule is CCNC(=NCCCc1nnc2ccccn12)NCCCCC1CCCC1. The van der Waals surface area contributed by atoms with Gasteiger partial charge in [0.15, 0.2) is 11.6 Å². The standard InChI is InChI=1S/C21H34N6/c1-2-22-21(23-15-7-5-12-18-10-3-4-11-18)24-16-9-14-20-26-25-19-13-6-8-17-27(19)20/h6,8,13,17-18H,2-5,7,9-12,14-16H2,1H3,(H2,22,23,24). The van der Waals surface area contributed by atoms with Gasteiger partial charge in [0, 0.05) is 32.3 Å². The minimum absolute atomic E-state index is 0.791. The van der Waals surface area contributed by atoms with Crippen molar-refractivity contribution in [2.75, 3.05) is 19.6 Å². The minimum atomic E-state index is 0.791. The number of nitrogens with zero attached hydrogens (tertiary/aromatic N) is 4.